The Morgan fingerprint density at radius 1 is 1.38 bits per heavy atom. The molecule has 0 aromatic heterocycles. The molecule has 0 spiro atoms. The van der Waals surface area contributed by atoms with Crippen LogP contribution in [0.3, 0.4) is 0 Å². The molecule has 6 heteroatoms. The maximum atomic E-state index is 13.8. The van der Waals surface area contributed by atoms with Crippen molar-refractivity contribution in [1.29, 1.82) is 0 Å². The fourth-order valence-electron chi connectivity index (χ4n) is 2.49. The fraction of sp³-hybridized carbons (Fsp3) is 0.556. The number of halogens is 1. The summed E-state index contributed by atoms with van der Waals surface area (Å²) in [5, 5.41) is 0. The Morgan fingerprint density at radius 2 is 2.12 bits per heavy atom. The van der Waals surface area contributed by atoms with Gasteiger partial charge >= 0.3 is 0 Å². The normalized spacial score (nSPS) is 19.6. The summed E-state index contributed by atoms with van der Waals surface area (Å²) in [6.45, 7) is 2.52. The molecule has 0 radical (unpaired) electrons. The van der Waals surface area contributed by atoms with Crippen LogP contribution in [0.1, 0.15) is 45.4 Å². The van der Waals surface area contributed by atoms with Crippen LogP contribution >= 0.6 is 0 Å². The van der Waals surface area contributed by atoms with Crippen LogP contribution in [0.5, 0.6) is 5.75 Å². The van der Waals surface area contributed by atoms with Crippen molar-refractivity contribution in [2.24, 2.45) is 5.92 Å². The van der Waals surface area contributed by atoms with Crippen LogP contribution < -0.4 is 9.46 Å². The number of rotatable bonds is 9. The molecule has 2 aliphatic carbocycles. The predicted molar refractivity (Wildman–Crippen MR) is 91.0 cm³/mol. The van der Waals surface area contributed by atoms with Crippen molar-refractivity contribution >= 4 is 10.0 Å². The third kappa shape index (κ3) is 4.36. The van der Waals surface area contributed by atoms with Gasteiger partial charge in [0.1, 0.15) is 0 Å². The zero-order chi connectivity index (χ0) is 17.2. The quantitative estimate of drug-likeness (QED) is 0.687. The van der Waals surface area contributed by atoms with Gasteiger partial charge in [-0.1, -0.05) is 25.5 Å². The number of hydrogen-bond acceptors (Lipinski definition) is 3. The predicted octanol–water partition coefficient (Wildman–Crippen LogP) is 3.78. The molecule has 0 aliphatic heterocycles. The van der Waals surface area contributed by atoms with Crippen molar-refractivity contribution in [3.8, 4) is 5.75 Å². The number of benzene rings is 1. The van der Waals surface area contributed by atoms with E-state index in [9.17, 15) is 12.8 Å². The highest BCUT2D eigenvalue weighted by Crippen LogP contribution is 2.39. The Bertz CT molecular complexity index is 722. The van der Waals surface area contributed by atoms with E-state index in [0.717, 1.165) is 44.6 Å². The molecule has 132 valence electrons. The van der Waals surface area contributed by atoms with E-state index in [4.69, 9.17) is 4.74 Å². The molecular weight excluding hydrogens is 329 g/mol. The third-order valence-electron chi connectivity index (χ3n) is 4.40. The summed E-state index contributed by atoms with van der Waals surface area (Å²) in [5.41, 5.74) is -0.475. The molecule has 1 aromatic carbocycles. The Labute approximate surface area is 143 Å². The SMILES string of the molecule is CCC/C=C/C1(NS(=O)(=O)c2ccc(F)c(OCC3CC3)c2)CC1. The first-order chi connectivity index (χ1) is 11.4. The molecule has 2 fully saturated rings. The number of sulfonamides is 1. The summed E-state index contributed by atoms with van der Waals surface area (Å²) in [5.74, 6) is -0.0454. The van der Waals surface area contributed by atoms with Gasteiger partial charge in [0, 0.05) is 6.07 Å². The first-order valence-corrected chi connectivity index (χ1v) is 10.1. The van der Waals surface area contributed by atoms with Gasteiger partial charge in [0.2, 0.25) is 10.0 Å². The van der Waals surface area contributed by atoms with E-state index in [2.05, 4.69) is 11.6 Å². The zero-order valence-electron chi connectivity index (χ0n) is 13.9. The third-order valence-corrected chi connectivity index (χ3v) is 5.95. The second-order valence-corrected chi connectivity index (χ2v) is 8.48. The smallest absolute Gasteiger partial charge is 0.241 e. The molecule has 0 saturated heterocycles. The summed E-state index contributed by atoms with van der Waals surface area (Å²) in [6, 6.07) is 3.72. The molecule has 1 N–H and O–H groups in total. The van der Waals surface area contributed by atoms with Crippen molar-refractivity contribution in [2.75, 3.05) is 6.61 Å². The molecule has 0 atom stereocenters. The monoisotopic (exact) mass is 353 g/mol. The topological polar surface area (TPSA) is 55.4 Å². The second kappa shape index (κ2) is 6.84. The minimum atomic E-state index is -3.70. The van der Waals surface area contributed by atoms with Gasteiger partial charge in [-0.2, -0.15) is 0 Å². The molecule has 24 heavy (non-hydrogen) atoms. The van der Waals surface area contributed by atoms with Crippen LogP contribution in [0.2, 0.25) is 0 Å². The Balaban J connectivity index is 1.73. The van der Waals surface area contributed by atoms with Crippen LogP contribution in [0.4, 0.5) is 4.39 Å². The molecule has 4 nitrogen and oxygen atoms in total. The maximum absolute atomic E-state index is 13.8. The molecule has 1 aromatic rings. The molecule has 2 saturated carbocycles. The zero-order valence-corrected chi connectivity index (χ0v) is 14.7. The average Bonchev–Trinajstić information content (AvgIpc) is 3.44. The highest BCUT2D eigenvalue weighted by molar-refractivity contribution is 7.89. The van der Waals surface area contributed by atoms with E-state index in [1.165, 1.54) is 12.1 Å². The lowest BCUT2D eigenvalue weighted by atomic mass is 10.2. The summed E-state index contributed by atoms with van der Waals surface area (Å²) < 4.78 is 47.2. The van der Waals surface area contributed by atoms with Gasteiger partial charge in [0.25, 0.3) is 0 Å². The standard InChI is InChI=1S/C18H24FNO3S/c1-2-3-4-9-18(10-11-18)20-24(21,22)15-7-8-16(19)17(12-15)23-13-14-5-6-14/h4,7-9,12,14,20H,2-3,5-6,10-11,13H2,1H3/b9-4+. The van der Waals surface area contributed by atoms with E-state index in [-0.39, 0.29) is 10.6 Å². The van der Waals surface area contributed by atoms with Crippen LogP contribution in [-0.2, 0) is 10.0 Å². The van der Waals surface area contributed by atoms with Gasteiger partial charge in [-0.05, 0) is 50.2 Å². The van der Waals surface area contributed by atoms with Gasteiger partial charge in [-0.25, -0.2) is 17.5 Å². The number of unbranched alkanes of at least 4 members (excludes halogenated alkanes) is 1. The van der Waals surface area contributed by atoms with Crippen LogP contribution in [0.15, 0.2) is 35.2 Å². The van der Waals surface area contributed by atoms with Crippen molar-refractivity contribution < 1.29 is 17.5 Å². The minimum absolute atomic E-state index is 0.0103. The van der Waals surface area contributed by atoms with Gasteiger partial charge in [0.15, 0.2) is 11.6 Å². The Kier molecular flexibility index (Phi) is 4.97. The minimum Gasteiger partial charge on any atom is -0.490 e. The van der Waals surface area contributed by atoms with Gasteiger partial charge in [-0.15, -0.1) is 0 Å². The van der Waals surface area contributed by atoms with Gasteiger partial charge in [0.05, 0.1) is 17.0 Å². The Hall–Kier alpha value is -1.40. The molecule has 3 rings (SSSR count). The number of hydrogen-bond donors (Lipinski definition) is 1. The summed E-state index contributed by atoms with van der Waals surface area (Å²) >= 11 is 0. The van der Waals surface area contributed by atoms with Crippen molar-refractivity contribution in [3.63, 3.8) is 0 Å². The molecular formula is C18H24FNO3S. The number of allylic oxidation sites excluding steroid dienone is 1. The largest absolute Gasteiger partial charge is 0.490 e. The van der Waals surface area contributed by atoms with E-state index in [1.54, 1.807) is 0 Å². The van der Waals surface area contributed by atoms with Crippen LogP contribution in [-0.4, -0.2) is 20.6 Å². The first kappa shape index (κ1) is 17.4. The summed E-state index contributed by atoms with van der Waals surface area (Å²) in [7, 11) is -3.70. The first-order valence-electron chi connectivity index (χ1n) is 8.58. The van der Waals surface area contributed by atoms with Crippen molar-refractivity contribution in [1.82, 2.24) is 4.72 Å². The van der Waals surface area contributed by atoms with E-state index >= 15 is 0 Å². The molecule has 0 amide bonds. The van der Waals surface area contributed by atoms with Crippen LogP contribution in [0.25, 0.3) is 0 Å². The lowest BCUT2D eigenvalue weighted by Crippen LogP contribution is -2.35. The highest BCUT2D eigenvalue weighted by atomic mass is 32.2. The molecule has 2 aliphatic rings. The van der Waals surface area contributed by atoms with Gasteiger partial charge in [-0.3, -0.25) is 0 Å². The average molecular weight is 353 g/mol. The number of ether oxygens (including phenoxy) is 1. The summed E-state index contributed by atoms with van der Waals surface area (Å²) in [6.07, 6.45) is 9.68. The maximum Gasteiger partial charge on any atom is 0.241 e. The highest BCUT2D eigenvalue weighted by Gasteiger charge is 2.43. The molecule has 0 bridgehead atoms. The van der Waals surface area contributed by atoms with E-state index in [1.807, 2.05) is 12.2 Å². The second-order valence-electron chi connectivity index (χ2n) is 6.80. The fourth-order valence-corrected chi connectivity index (χ4v) is 3.93. The van der Waals surface area contributed by atoms with Gasteiger partial charge < -0.3 is 4.74 Å². The van der Waals surface area contributed by atoms with Crippen molar-refractivity contribution in [2.45, 2.75) is 55.9 Å². The lowest BCUT2D eigenvalue weighted by molar-refractivity contribution is 0.284. The van der Waals surface area contributed by atoms with Crippen LogP contribution in [0, 0.1) is 11.7 Å². The number of nitrogens with one attached hydrogen (secondary N) is 1. The molecule has 0 unspecified atom stereocenters. The Morgan fingerprint density at radius 3 is 2.75 bits per heavy atom. The van der Waals surface area contributed by atoms with Crippen molar-refractivity contribution in [3.05, 3.63) is 36.2 Å². The lowest BCUT2D eigenvalue weighted by Gasteiger charge is -2.15. The summed E-state index contributed by atoms with van der Waals surface area (Å²) in [4.78, 5) is 0.0462. The van der Waals surface area contributed by atoms with E-state index in [0.29, 0.717) is 12.5 Å². The van der Waals surface area contributed by atoms with E-state index < -0.39 is 21.4 Å². The molecule has 0 heterocycles.